The van der Waals surface area contributed by atoms with E-state index in [1.165, 1.54) is 6.20 Å². The first-order valence-electron chi connectivity index (χ1n) is 6.41. The summed E-state index contributed by atoms with van der Waals surface area (Å²) in [6.07, 6.45) is 3.97. The molecule has 2 rings (SSSR count). The molecule has 0 atom stereocenters. The van der Waals surface area contributed by atoms with Gasteiger partial charge in [-0.05, 0) is 12.5 Å². The van der Waals surface area contributed by atoms with Crippen molar-refractivity contribution in [2.24, 2.45) is 0 Å². The topological polar surface area (TPSA) is 77.3 Å². The van der Waals surface area contributed by atoms with Crippen LogP contribution in [-0.4, -0.2) is 16.5 Å². The third-order valence-corrected chi connectivity index (χ3v) is 2.64. The van der Waals surface area contributed by atoms with E-state index in [4.69, 9.17) is 4.74 Å². The molecule has 1 heterocycles. The highest BCUT2D eigenvalue weighted by Crippen LogP contribution is 2.32. The van der Waals surface area contributed by atoms with Crippen molar-refractivity contribution in [2.45, 2.75) is 13.3 Å². The molecule has 1 aromatic carbocycles. The summed E-state index contributed by atoms with van der Waals surface area (Å²) in [5.41, 5.74) is 0.428. The SMILES string of the molecule is CCCNc1cncc(Oc2cc(F)ccc2[N+](=O)[O-])c1. The molecule has 7 heteroatoms. The lowest BCUT2D eigenvalue weighted by molar-refractivity contribution is -0.385. The number of nitro benzene ring substituents is 1. The minimum absolute atomic E-state index is 0.158. The molecule has 6 nitrogen and oxygen atoms in total. The second-order valence-corrected chi connectivity index (χ2v) is 4.31. The molecule has 0 saturated heterocycles. The zero-order valence-corrected chi connectivity index (χ0v) is 11.4. The normalized spacial score (nSPS) is 10.2. The van der Waals surface area contributed by atoms with Crippen LogP contribution in [0.5, 0.6) is 11.5 Å². The van der Waals surface area contributed by atoms with Gasteiger partial charge in [0.2, 0.25) is 5.75 Å². The number of halogens is 1. The van der Waals surface area contributed by atoms with Crippen molar-refractivity contribution in [1.29, 1.82) is 0 Å². The molecule has 0 bridgehead atoms. The number of nitro groups is 1. The molecule has 110 valence electrons. The van der Waals surface area contributed by atoms with Gasteiger partial charge in [0, 0.05) is 24.7 Å². The fourth-order valence-electron chi connectivity index (χ4n) is 1.69. The van der Waals surface area contributed by atoms with Crippen LogP contribution in [-0.2, 0) is 0 Å². The average molecular weight is 291 g/mol. The summed E-state index contributed by atoms with van der Waals surface area (Å²) in [5.74, 6) is -0.469. The summed E-state index contributed by atoms with van der Waals surface area (Å²) in [6, 6.07) is 4.71. The van der Waals surface area contributed by atoms with Gasteiger partial charge in [-0.25, -0.2) is 4.39 Å². The summed E-state index contributed by atoms with van der Waals surface area (Å²) in [7, 11) is 0. The number of nitrogens with zero attached hydrogens (tertiary/aromatic N) is 2. The van der Waals surface area contributed by atoms with E-state index < -0.39 is 10.7 Å². The molecule has 0 aliphatic rings. The van der Waals surface area contributed by atoms with Crippen molar-refractivity contribution in [3.8, 4) is 11.5 Å². The van der Waals surface area contributed by atoms with Gasteiger partial charge in [-0.15, -0.1) is 0 Å². The van der Waals surface area contributed by atoms with Crippen LogP contribution in [0.15, 0.2) is 36.7 Å². The summed E-state index contributed by atoms with van der Waals surface area (Å²) in [4.78, 5) is 14.3. The molecule has 0 spiro atoms. The Labute approximate surface area is 120 Å². The van der Waals surface area contributed by atoms with Crippen molar-refractivity contribution in [2.75, 3.05) is 11.9 Å². The molecular formula is C14H14FN3O3. The van der Waals surface area contributed by atoms with Gasteiger partial charge in [0.15, 0.2) is 0 Å². The highest BCUT2D eigenvalue weighted by molar-refractivity contribution is 5.51. The predicted molar refractivity (Wildman–Crippen MR) is 76.1 cm³/mol. The highest BCUT2D eigenvalue weighted by atomic mass is 19.1. The standard InChI is InChI=1S/C14H14FN3O3/c1-2-5-17-11-7-12(9-16-8-11)21-14-6-10(15)3-4-13(14)18(19)20/h3-4,6-9,17H,2,5H2,1H3. The van der Waals surface area contributed by atoms with E-state index in [2.05, 4.69) is 10.3 Å². The lowest BCUT2D eigenvalue weighted by Crippen LogP contribution is -2.00. The molecule has 1 aromatic heterocycles. The van der Waals surface area contributed by atoms with E-state index in [9.17, 15) is 14.5 Å². The first kappa shape index (κ1) is 14.7. The lowest BCUT2D eigenvalue weighted by atomic mass is 10.3. The molecule has 0 aliphatic carbocycles. The first-order chi connectivity index (χ1) is 10.1. The van der Waals surface area contributed by atoms with Gasteiger partial charge in [-0.1, -0.05) is 6.92 Å². The molecular weight excluding hydrogens is 277 g/mol. The summed E-state index contributed by atoms with van der Waals surface area (Å²) in [6.45, 7) is 2.79. The second-order valence-electron chi connectivity index (χ2n) is 4.31. The Bertz CT molecular complexity index is 649. The number of pyridine rings is 1. The number of hydrogen-bond donors (Lipinski definition) is 1. The Morgan fingerprint density at radius 2 is 2.19 bits per heavy atom. The van der Waals surface area contributed by atoms with Crippen LogP contribution in [0.2, 0.25) is 0 Å². The first-order valence-corrected chi connectivity index (χ1v) is 6.41. The highest BCUT2D eigenvalue weighted by Gasteiger charge is 2.16. The van der Waals surface area contributed by atoms with Gasteiger partial charge in [0.25, 0.3) is 0 Å². The molecule has 0 amide bonds. The quantitative estimate of drug-likeness (QED) is 0.648. The molecule has 1 N–H and O–H groups in total. The fraction of sp³-hybridized carbons (Fsp3) is 0.214. The van der Waals surface area contributed by atoms with E-state index in [1.54, 1.807) is 12.3 Å². The summed E-state index contributed by atoms with van der Waals surface area (Å²) in [5, 5.41) is 14.0. The van der Waals surface area contributed by atoms with Gasteiger partial charge in [-0.3, -0.25) is 15.1 Å². The number of rotatable bonds is 6. The van der Waals surface area contributed by atoms with Crippen molar-refractivity contribution in [3.05, 3.63) is 52.6 Å². The zero-order chi connectivity index (χ0) is 15.2. The molecule has 0 fully saturated rings. The third-order valence-electron chi connectivity index (χ3n) is 2.64. The largest absolute Gasteiger partial charge is 0.448 e. The second kappa shape index (κ2) is 6.65. The van der Waals surface area contributed by atoms with Crippen molar-refractivity contribution in [3.63, 3.8) is 0 Å². The number of anilines is 1. The molecule has 0 unspecified atom stereocenters. The van der Waals surface area contributed by atoms with Crippen molar-refractivity contribution < 1.29 is 14.1 Å². The maximum atomic E-state index is 13.2. The maximum absolute atomic E-state index is 13.2. The van der Waals surface area contributed by atoms with Gasteiger partial charge in [0.1, 0.15) is 11.6 Å². The monoisotopic (exact) mass is 291 g/mol. The molecule has 21 heavy (non-hydrogen) atoms. The summed E-state index contributed by atoms with van der Waals surface area (Å²) >= 11 is 0. The average Bonchev–Trinajstić information content (AvgIpc) is 2.45. The van der Waals surface area contributed by atoms with E-state index in [-0.39, 0.29) is 11.4 Å². The van der Waals surface area contributed by atoms with E-state index in [1.807, 2.05) is 6.92 Å². The number of hydrogen-bond acceptors (Lipinski definition) is 5. The zero-order valence-electron chi connectivity index (χ0n) is 11.4. The lowest BCUT2D eigenvalue weighted by Gasteiger charge is -2.08. The van der Waals surface area contributed by atoms with E-state index >= 15 is 0 Å². The van der Waals surface area contributed by atoms with Crippen LogP contribution in [0.1, 0.15) is 13.3 Å². The van der Waals surface area contributed by atoms with Crippen LogP contribution in [0.4, 0.5) is 15.8 Å². The van der Waals surface area contributed by atoms with Gasteiger partial charge >= 0.3 is 5.69 Å². The fourth-order valence-corrected chi connectivity index (χ4v) is 1.69. The number of benzene rings is 1. The van der Waals surface area contributed by atoms with Crippen molar-refractivity contribution in [1.82, 2.24) is 4.98 Å². The Morgan fingerprint density at radius 1 is 1.38 bits per heavy atom. The Hall–Kier alpha value is -2.70. The van der Waals surface area contributed by atoms with Crippen LogP contribution in [0.25, 0.3) is 0 Å². The molecule has 0 saturated carbocycles. The third kappa shape index (κ3) is 3.88. The smallest absolute Gasteiger partial charge is 0.311 e. The number of aromatic nitrogens is 1. The Morgan fingerprint density at radius 3 is 2.90 bits per heavy atom. The van der Waals surface area contributed by atoms with Crippen LogP contribution >= 0.6 is 0 Å². The van der Waals surface area contributed by atoms with Gasteiger partial charge < -0.3 is 10.1 Å². The van der Waals surface area contributed by atoms with E-state index in [0.717, 1.165) is 36.9 Å². The minimum Gasteiger partial charge on any atom is -0.448 e. The Balaban J connectivity index is 2.25. The minimum atomic E-state index is -0.624. The number of ether oxygens (including phenoxy) is 1. The molecule has 0 aliphatic heterocycles. The van der Waals surface area contributed by atoms with Gasteiger partial charge in [-0.2, -0.15) is 0 Å². The van der Waals surface area contributed by atoms with Crippen LogP contribution < -0.4 is 10.1 Å². The van der Waals surface area contributed by atoms with Crippen LogP contribution in [0.3, 0.4) is 0 Å². The Kier molecular flexibility index (Phi) is 4.65. The van der Waals surface area contributed by atoms with Crippen LogP contribution in [0, 0.1) is 15.9 Å². The maximum Gasteiger partial charge on any atom is 0.311 e. The predicted octanol–water partition coefficient (Wildman–Crippen LogP) is 3.74. The summed E-state index contributed by atoms with van der Waals surface area (Å²) < 4.78 is 18.6. The van der Waals surface area contributed by atoms with Gasteiger partial charge in [0.05, 0.1) is 23.0 Å². The number of nitrogens with one attached hydrogen (secondary N) is 1. The van der Waals surface area contributed by atoms with Crippen molar-refractivity contribution >= 4 is 11.4 Å². The molecule has 2 aromatic rings. The molecule has 0 radical (unpaired) electrons. The van der Waals surface area contributed by atoms with E-state index in [0.29, 0.717) is 5.75 Å².